The van der Waals surface area contributed by atoms with Crippen LogP contribution in [-0.2, 0) is 10.7 Å². The molecule has 0 aromatic carbocycles. The molecular formula is C9H8ClN2O5P. The topological polar surface area (TPSA) is 112 Å². The molecule has 3 N–H and O–H groups in total. The third-order valence-electron chi connectivity index (χ3n) is 2.23. The van der Waals surface area contributed by atoms with Crippen molar-refractivity contribution >= 4 is 30.8 Å². The second-order valence-electron chi connectivity index (χ2n) is 3.63. The normalized spacial score (nSPS) is 11.9. The molecule has 9 heteroatoms. The highest BCUT2D eigenvalue weighted by Gasteiger charge is 2.20. The minimum Gasteiger partial charge on any atom is -0.477 e. The zero-order valence-corrected chi connectivity index (χ0v) is 10.5. The first kappa shape index (κ1) is 13.0. The second-order valence-corrected chi connectivity index (χ2v) is 5.71. The highest BCUT2D eigenvalue weighted by atomic mass is 35.5. The number of pyridine rings is 1. The van der Waals surface area contributed by atoms with Crippen LogP contribution in [0, 0.1) is 0 Å². The average Bonchev–Trinajstić information content (AvgIpc) is 2.58. The van der Waals surface area contributed by atoms with E-state index in [0.717, 1.165) is 10.6 Å². The molecule has 18 heavy (non-hydrogen) atoms. The second kappa shape index (κ2) is 4.37. The van der Waals surface area contributed by atoms with Crippen LogP contribution in [0.2, 0.25) is 5.02 Å². The van der Waals surface area contributed by atoms with E-state index in [9.17, 15) is 9.36 Å². The fourth-order valence-electron chi connectivity index (χ4n) is 1.64. The van der Waals surface area contributed by atoms with Crippen molar-refractivity contribution in [3.8, 4) is 0 Å². The number of carbonyl (C=O) groups is 1. The van der Waals surface area contributed by atoms with Gasteiger partial charge < -0.3 is 14.9 Å². The Balaban J connectivity index is 2.73. The molecule has 0 amide bonds. The van der Waals surface area contributed by atoms with Crippen molar-refractivity contribution in [1.82, 2.24) is 9.38 Å². The van der Waals surface area contributed by atoms with Crippen molar-refractivity contribution in [2.45, 2.75) is 6.16 Å². The van der Waals surface area contributed by atoms with Crippen LogP contribution in [-0.4, -0.2) is 30.2 Å². The van der Waals surface area contributed by atoms with E-state index in [0.29, 0.717) is 0 Å². The lowest BCUT2D eigenvalue weighted by Crippen LogP contribution is -2.06. The van der Waals surface area contributed by atoms with Gasteiger partial charge in [0.05, 0.1) is 12.4 Å². The molecule has 0 aliphatic rings. The van der Waals surface area contributed by atoms with Crippen molar-refractivity contribution in [3.63, 3.8) is 0 Å². The molecule has 7 nitrogen and oxygen atoms in total. The van der Waals surface area contributed by atoms with Crippen LogP contribution in [0.25, 0.3) is 5.65 Å². The van der Waals surface area contributed by atoms with E-state index in [-0.39, 0.29) is 22.1 Å². The summed E-state index contributed by atoms with van der Waals surface area (Å²) in [5.74, 6) is -1.24. The number of aromatic carboxylic acids is 1. The van der Waals surface area contributed by atoms with Crippen molar-refractivity contribution in [2.75, 3.05) is 0 Å². The van der Waals surface area contributed by atoms with Crippen LogP contribution < -0.4 is 0 Å². The molecule has 0 spiro atoms. The molecule has 2 aromatic rings. The van der Waals surface area contributed by atoms with Crippen molar-refractivity contribution in [3.05, 3.63) is 34.7 Å². The summed E-state index contributed by atoms with van der Waals surface area (Å²) < 4.78 is 12.2. The van der Waals surface area contributed by atoms with Crippen LogP contribution in [0.3, 0.4) is 0 Å². The Kier molecular flexibility index (Phi) is 3.16. The smallest absolute Gasteiger partial charge is 0.354 e. The lowest BCUT2D eigenvalue weighted by molar-refractivity contribution is 0.0689. The van der Waals surface area contributed by atoms with E-state index < -0.39 is 19.7 Å². The molecule has 0 fully saturated rings. The Labute approximate surface area is 106 Å². The summed E-state index contributed by atoms with van der Waals surface area (Å²) in [5, 5.41) is 9.21. The molecule has 0 aliphatic heterocycles. The number of carboxylic acid groups (broad SMARTS) is 1. The van der Waals surface area contributed by atoms with Crippen LogP contribution >= 0.6 is 19.2 Å². The van der Waals surface area contributed by atoms with Gasteiger partial charge in [0, 0.05) is 16.8 Å². The Morgan fingerprint density at radius 1 is 1.44 bits per heavy atom. The molecular weight excluding hydrogens is 283 g/mol. The maximum absolute atomic E-state index is 11.0. The van der Waals surface area contributed by atoms with Gasteiger partial charge in [0.2, 0.25) is 0 Å². The third kappa shape index (κ3) is 2.54. The summed E-state index contributed by atoms with van der Waals surface area (Å²) in [4.78, 5) is 32.8. The summed E-state index contributed by atoms with van der Waals surface area (Å²) >= 11 is 5.79. The Morgan fingerprint density at radius 2 is 2.11 bits per heavy atom. The maximum Gasteiger partial charge on any atom is 0.354 e. The number of hydrogen-bond acceptors (Lipinski definition) is 3. The van der Waals surface area contributed by atoms with Crippen LogP contribution in [0.4, 0.5) is 0 Å². The van der Waals surface area contributed by atoms with Crippen molar-refractivity contribution in [1.29, 1.82) is 0 Å². The predicted molar refractivity (Wildman–Crippen MR) is 62.9 cm³/mol. The maximum atomic E-state index is 11.0. The number of carboxylic acids is 1. The first-order valence-electron chi connectivity index (χ1n) is 4.72. The fraction of sp³-hybridized carbons (Fsp3) is 0.111. The van der Waals surface area contributed by atoms with Crippen LogP contribution in [0.15, 0.2) is 18.3 Å². The predicted octanol–water partition coefficient (Wildman–Crippen LogP) is 1.36. The van der Waals surface area contributed by atoms with E-state index in [4.69, 9.17) is 26.5 Å². The average molecular weight is 291 g/mol. The summed E-state index contributed by atoms with van der Waals surface area (Å²) in [5.41, 5.74) is 0.147. The number of rotatable bonds is 3. The zero-order valence-electron chi connectivity index (χ0n) is 8.82. The molecule has 0 unspecified atom stereocenters. The molecule has 2 aromatic heterocycles. The van der Waals surface area contributed by atoms with Gasteiger partial charge in [-0.2, -0.15) is 0 Å². The monoisotopic (exact) mass is 290 g/mol. The standard InChI is InChI=1S/C9H8ClN2O5P/c10-5-1-6(4-18(15,16)17)12-7(9(13)14)3-11-8(12)2-5/h1-3H,4H2,(H,13,14)(H2,15,16,17). The van der Waals surface area contributed by atoms with Gasteiger partial charge in [0.25, 0.3) is 0 Å². The SMILES string of the molecule is O=C(O)c1cnc2cc(Cl)cc(CP(=O)(O)O)n12. The molecule has 0 aliphatic carbocycles. The summed E-state index contributed by atoms with van der Waals surface area (Å²) in [6.45, 7) is 0. The molecule has 0 atom stereocenters. The number of nitrogens with zero attached hydrogens (tertiary/aromatic N) is 2. The van der Waals surface area contributed by atoms with E-state index in [1.807, 2.05) is 0 Å². The van der Waals surface area contributed by atoms with Crippen molar-refractivity contribution < 1.29 is 24.3 Å². The molecule has 0 bridgehead atoms. The number of imidazole rings is 1. The lowest BCUT2D eigenvalue weighted by atomic mass is 10.3. The number of fused-ring (bicyclic) bond motifs is 1. The molecule has 96 valence electrons. The zero-order chi connectivity index (χ0) is 13.5. The number of aromatic nitrogens is 2. The number of hydrogen-bond donors (Lipinski definition) is 3. The van der Waals surface area contributed by atoms with Gasteiger partial charge in [-0.05, 0) is 6.07 Å². The summed E-state index contributed by atoms with van der Waals surface area (Å²) in [7, 11) is -4.34. The Morgan fingerprint density at radius 3 is 2.67 bits per heavy atom. The van der Waals surface area contributed by atoms with E-state index in [2.05, 4.69) is 4.98 Å². The first-order valence-corrected chi connectivity index (χ1v) is 6.89. The molecule has 0 saturated heterocycles. The highest BCUT2D eigenvalue weighted by Crippen LogP contribution is 2.39. The van der Waals surface area contributed by atoms with Gasteiger partial charge in [-0.1, -0.05) is 11.6 Å². The Hall–Kier alpha value is -1.40. The van der Waals surface area contributed by atoms with Gasteiger partial charge in [-0.25, -0.2) is 9.78 Å². The fourth-order valence-corrected chi connectivity index (χ4v) is 2.52. The number of halogens is 1. The van der Waals surface area contributed by atoms with Gasteiger partial charge >= 0.3 is 13.6 Å². The lowest BCUT2D eigenvalue weighted by Gasteiger charge is -2.09. The van der Waals surface area contributed by atoms with Crippen LogP contribution in [0.1, 0.15) is 16.2 Å². The molecule has 2 rings (SSSR count). The van der Waals surface area contributed by atoms with Crippen LogP contribution in [0.5, 0.6) is 0 Å². The van der Waals surface area contributed by atoms with Gasteiger partial charge in [-0.3, -0.25) is 8.97 Å². The van der Waals surface area contributed by atoms with Crippen molar-refractivity contribution in [2.24, 2.45) is 0 Å². The third-order valence-corrected chi connectivity index (χ3v) is 3.19. The quantitative estimate of drug-likeness (QED) is 0.736. The highest BCUT2D eigenvalue weighted by molar-refractivity contribution is 7.50. The molecule has 0 saturated carbocycles. The summed E-state index contributed by atoms with van der Waals surface area (Å²) in [6.07, 6.45) is 0.498. The van der Waals surface area contributed by atoms with E-state index in [1.165, 1.54) is 12.1 Å². The van der Waals surface area contributed by atoms with E-state index >= 15 is 0 Å². The van der Waals surface area contributed by atoms with E-state index in [1.54, 1.807) is 0 Å². The minimum atomic E-state index is -4.34. The summed E-state index contributed by atoms with van der Waals surface area (Å²) in [6, 6.07) is 2.72. The minimum absolute atomic E-state index is 0.0979. The largest absolute Gasteiger partial charge is 0.477 e. The van der Waals surface area contributed by atoms with Gasteiger partial charge in [0.15, 0.2) is 5.69 Å². The van der Waals surface area contributed by atoms with Gasteiger partial charge in [-0.15, -0.1) is 0 Å². The Bertz CT molecular complexity index is 677. The molecule has 2 heterocycles. The first-order chi connectivity index (χ1) is 8.28. The van der Waals surface area contributed by atoms with Gasteiger partial charge in [0.1, 0.15) is 5.65 Å². The molecule has 0 radical (unpaired) electrons.